The summed E-state index contributed by atoms with van der Waals surface area (Å²) < 4.78 is 0. The molecular weight excluding hydrogens is 224 g/mol. The van der Waals surface area contributed by atoms with E-state index in [0.717, 1.165) is 17.1 Å². The lowest BCUT2D eigenvalue weighted by Gasteiger charge is -2.07. The van der Waals surface area contributed by atoms with E-state index in [0.29, 0.717) is 16.7 Å². The van der Waals surface area contributed by atoms with E-state index in [2.05, 4.69) is 15.3 Å². The number of nitrogen functional groups attached to an aromatic ring is 1. The number of H-pyrrole nitrogens is 1. The van der Waals surface area contributed by atoms with E-state index in [1.54, 1.807) is 0 Å². The first kappa shape index (κ1) is 10.8. The molecule has 5 heteroatoms. The number of aryl methyl sites for hydroxylation is 2. The number of aromatic amines is 1. The molecule has 2 aromatic rings. The number of nitrogens with zero attached hydrogens (tertiary/aromatic N) is 1. The predicted molar refractivity (Wildman–Crippen MR) is 67.2 cm³/mol. The fourth-order valence-electron chi connectivity index (χ4n) is 1.46. The zero-order chi connectivity index (χ0) is 11.7. The van der Waals surface area contributed by atoms with Crippen molar-refractivity contribution in [3.8, 4) is 0 Å². The fraction of sp³-hybridized carbons (Fsp3) is 0.182. The average Bonchev–Trinajstić information content (AvgIpc) is 2.51. The molecule has 84 valence electrons. The third-order valence-corrected chi connectivity index (χ3v) is 2.54. The van der Waals surface area contributed by atoms with E-state index in [4.69, 9.17) is 17.3 Å². The largest absolute Gasteiger partial charge is 0.382 e. The number of halogens is 1. The van der Waals surface area contributed by atoms with Gasteiger partial charge in [-0.05, 0) is 31.5 Å². The van der Waals surface area contributed by atoms with E-state index in [-0.39, 0.29) is 0 Å². The van der Waals surface area contributed by atoms with Crippen LogP contribution in [0.5, 0.6) is 0 Å². The number of anilines is 3. The molecule has 4 N–H and O–H groups in total. The van der Waals surface area contributed by atoms with Crippen LogP contribution < -0.4 is 11.1 Å². The van der Waals surface area contributed by atoms with Gasteiger partial charge in [0.2, 0.25) is 0 Å². The van der Waals surface area contributed by atoms with E-state index in [9.17, 15) is 0 Å². The van der Waals surface area contributed by atoms with Crippen LogP contribution in [0.3, 0.4) is 0 Å². The summed E-state index contributed by atoms with van der Waals surface area (Å²) in [7, 11) is 0. The average molecular weight is 237 g/mol. The fourth-order valence-corrected chi connectivity index (χ4v) is 1.63. The van der Waals surface area contributed by atoms with Crippen molar-refractivity contribution >= 4 is 28.9 Å². The number of aromatic nitrogens is 2. The molecule has 1 aromatic heterocycles. The first-order valence-corrected chi connectivity index (χ1v) is 5.29. The molecule has 0 radical (unpaired) electrons. The highest BCUT2D eigenvalue weighted by Gasteiger charge is 2.06. The minimum absolute atomic E-state index is 0.525. The lowest BCUT2D eigenvalue weighted by Crippen LogP contribution is -1.97. The molecule has 0 bridgehead atoms. The molecule has 2 rings (SSSR count). The maximum atomic E-state index is 5.93. The van der Waals surface area contributed by atoms with Crippen molar-refractivity contribution in [1.29, 1.82) is 0 Å². The molecule has 16 heavy (non-hydrogen) atoms. The van der Waals surface area contributed by atoms with Gasteiger partial charge in [-0.2, -0.15) is 0 Å². The van der Waals surface area contributed by atoms with Crippen LogP contribution in [0.15, 0.2) is 18.2 Å². The Bertz CT molecular complexity index is 519. The topological polar surface area (TPSA) is 66.7 Å². The van der Waals surface area contributed by atoms with Crippen LogP contribution in [-0.2, 0) is 0 Å². The minimum Gasteiger partial charge on any atom is -0.382 e. The lowest BCUT2D eigenvalue weighted by molar-refractivity contribution is 1.15. The van der Waals surface area contributed by atoms with Gasteiger partial charge >= 0.3 is 0 Å². The van der Waals surface area contributed by atoms with Gasteiger partial charge in [-0.1, -0.05) is 17.7 Å². The Balaban J connectivity index is 2.33. The molecule has 0 saturated heterocycles. The van der Waals surface area contributed by atoms with Crippen LogP contribution in [0.1, 0.15) is 11.4 Å². The number of rotatable bonds is 2. The zero-order valence-electron chi connectivity index (χ0n) is 9.13. The molecule has 1 heterocycles. The monoisotopic (exact) mass is 236 g/mol. The molecule has 0 aliphatic carbocycles. The number of benzene rings is 1. The highest BCUT2D eigenvalue weighted by atomic mass is 35.5. The molecule has 0 unspecified atom stereocenters. The third kappa shape index (κ3) is 2.12. The number of hydrogen-bond donors (Lipinski definition) is 3. The molecule has 0 amide bonds. The van der Waals surface area contributed by atoms with Gasteiger partial charge in [-0.15, -0.1) is 0 Å². The van der Waals surface area contributed by atoms with E-state index in [1.165, 1.54) is 0 Å². The third-order valence-electron chi connectivity index (χ3n) is 2.30. The second-order valence-corrected chi connectivity index (χ2v) is 4.11. The van der Waals surface area contributed by atoms with Crippen molar-refractivity contribution in [3.05, 3.63) is 34.6 Å². The van der Waals surface area contributed by atoms with E-state index in [1.807, 2.05) is 32.0 Å². The normalized spacial score (nSPS) is 10.4. The molecular formula is C11H13ClN4. The Kier molecular flexibility index (Phi) is 2.75. The number of nitrogens with two attached hydrogens (primary N) is 1. The summed E-state index contributed by atoms with van der Waals surface area (Å²) >= 11 is 5.93. The summed E-state index contributed by atoms with van der Waals surface area (Å²) in [6.07, 6.45) is 0. The summed E-state index contributed by atoms with van der Waals surface area (Å²) in [6, 6.07) is 5.64. The highest BCUT2D eigenvalue weighted by molar-refractivity contribution is 6.30. The second kappa shape index (κ2) is 4.06. The van der Waals surface area contributed by atoms with Crippen molar-refractivity contribution in [1.82, 2.24) is 9.97 Å². The minimum atomic E-state index is 0.525. The SMILES string of the molecule is Cc1nc(Nc2cc(Cl)ccc2C)c(N)[nH]1. The van der Waals surface area contributed by atoms with Crippen LogP contribution >= 0.6 is 11.6 Å². The van der Waals surface area contributed by atoms with Crippen molar-refractivity contribution in [2.24, 2.45) is 0 Å². The Morgan fingerprint density at radius 3 is 2.75 bits per heavy atom. The van der Waals surface area contributed by atoms with Crippen molar-refractivity contribution in [2.75, 3.05) is 11.1 Å². The molecule has 0 aliphatic heterocycles. The van der Waals surface area contributed by atoms with Gasteiger partial charge in [0.1, 0.15) is 11.6 Å². The number of nitrogens with one attached hydrogen (secondary N) is 2. The number of hydrogen-bond acceptors (Lipinski definition) is 3. The van der Waals surface area contributed by atoms with E-state index >= 15 is 0 Å². The van der Waals surface area contributed by atoms with Gasteiger partial charge in [-0.25, -0.2) is 4.98 Å². The van der Waals surface area contributed by atoms with Crippen LogP contribution in [0.2, 0.25) is 5.02 Å². The Morgan fingerprint density at radius 2 is 2.12 bits per heavy atom. The Hall–Kier alpha value is -1.68. The second-order valence-electron chi connectivity index (χ2n) is 3.67. The van der Waals surface area contributed by atoms with Crippen LogP contribution in [0, 0.1) is 13.8 Å². The molecule has 4 nitrogen and oxygen atoms in total. The molecule has 0 spiro atoms. The zero-order valence-corrected chi connectivity index (χ0v) is 9.89. The van der Waals surface area contributed by atoms with Crippen molar-refractivity contribution < 1.29 is 0 Å². The summed E-state index contributed by atoms with van der Waals surface area (Å²) in [5.41, 5.74) is 7.76. The maximum Gasteiger partial charge on any atom is 0.173 e. The van der Waals surface area contributed by atoms with Gasteiger partial charge in [0.25, 0.3) is 0 Å². The Labute approximate surface area is 98.8 Å². The highest BCUT2D eigenvalue weighted by Crippen LogP contribution is 2.25. The quantitative estimate of drug-likeness (QED) is 0.751. The molecule has 1 aromatic carbocycles. The van der Waals surface area contributed by atoms with Crippen molar-refractivity contribution in [3.63, 3.8) is 0 Å². The lowest BCUT2D eigenvalue weighted by atomic mass is 10.2. The first-order chi connectivity index (χ1) is 7.56. The summed E-state index contributed by atoms with van der Waals surface area (Å²) in [6.45, 7) is 3.85. The number of imidazole rings is 1. The maximum absolute atomic E-state index is 5.93. The molecule has 0 fully saturated rings. The van der Waals surface area contributed by atoms with Crippen LogP contribution in [0.25, 0.3) is 0 Å². The van der Waals surface area contributed by atoms with Crippen molar-refractivity contribution in [2.45, 2.75) is 13.8 Å². The van der Waals surface area contributed by atoms with Gasteiger partial charge in [0.15, 0.2) is 5.82 Å². The van der Waals surface area contributed by atoms with Gasteiger partial charge in [0, 0.05) is 10.7 Å². The summed E-state index contributed by atoms with van der Waals surface area (Å²) in [4.78, 5) is 7.17. The smallest absolute Gasteiger partial charge is 0.173 e. The standard InChI is InChI=1S/C11H13ClN4/c1-6-3-4-8(12)5-9(6)16-11-10(13)14-7(2)15-11/h3-5,16H,13H2,1-2H3,(H,14,15). The van der Waals surface area contributed by atoms with E-state index < -0.39 is 0 Å². The van der Waals surface area contributed by atoms with Gasteiger partial charge in [-0.3, -0.25) is 0 Å². The predicted octanol–water partition coefficient (Wildman–Crippen LogP) is 3.01. The summed E-state index contributed by atoms with van der Waals surface area (Å²) in [5, 5.41) is 3.83. The molecule has 0 atom stereocenters. The molecule has 0 saturated carbocycles. The van der Waals surface area contributed by atoms with Crippen LogP contribution in [0.4, 0.5) is 17.3 Å². The molecule has 0 aliphatic rings. The Morgan fingerprint density at radius 1 is 1.38 bits per heavy atom. The van der Waals surface area contributed by atoms with Gasteiger partial charge in [0.05, 0.1) is 0 Å². The summed E-state index contributed by atoms with van der Waals surface area (Å²) in [5.74, 6) is 1.93. The van der Waals surface area contributed by atoms with Crippen LogP contribution in [-0.4, -0.2) is 9.97 Å². The van der Waals surface area contributed by atoms with Gasteiger partial charge < -0.3 is 16.0 Å². The first-order valence-electron chi connectivity index (χ1n) is 4.91.